The smallest absolute Gasteiger partial charge is 0.232 e. The zero-order valence-corrected chi connectivity index (χ0v) is 14.3. The highest BCUT2D eigenvalue weighted by Crippen LogP contribution is 2.26. The van der Waals surface area contributed by atoms with Crippen molar-refractivity contribution in [3.05, 3.63) is 29.3 Å². The second-order valence-corrected chi connectivity index (χ2v) is 8.13. The highest BCUT2D eigenvalue weighted by molar-refractivity contribution is 8.01. The van der Waals surface area contributed by atoms with Crippen LogP contribution in [0.25, 0.3) is 0 Å². The first kappa shape index (κ1) is 16.2. The number of benzene rings is 1. The van der Waals surface area contributed by atoms with Crippen LogP contribution in [0.3, 0.4) is 0 Å². The molecular formula is C17H25NO2S. The Bertz CT molecular complexity index is 508. The Morgan fingerprint density at radius 3 is 2.76 bits per heavy atom. The van der Waals surface area contributed by atoms with Crippen molar-refractivity contribution < 1.29 is 9.53 Å². The molecule has 1 aromatic carbocycles. The van der Waals surface area contributed by atoms with Gasteiger partial charge < -0.3 is 9.64 Å². The number of ether oxygens (including phenoxy) is 1. The normalized spacial score (nSPS) is 14.8. The molecule has 0 fully saturated rings. The average Bonchev–Trinajstić information content (AvgIpc) is 2.43. The van der Waals surface area contributed by atoms with Crippen molar-refractivity contribution in [2.45, 2.75) is 45.4 Å². The number of nitrogens with zero attached hydrogens (tertiary/aromatic N) is 1. The Morgan fingerprint density at radius 2 is 2.10 bits per heavy atom. The Labute approximate surface area is 132 Å². The third-order valence-electron chi connectivity index (χ3n) is 3.48. The number of thioether (sulfide) groups is 1. The summed E-state index contributed by atoms with van der Waals surface area (Å²) in [4.78, 5) is 14.3. The summed E-state index contributed by atoms with van der Waals surface area (Å²) >= 11 is 1.71. The van der Waals surface area contributed by atoms with E-state index in [0.717, 1.165) is 18.7 Å². The SMILES string of the molecule is CCOc1ccc2c(c1)CN(C(=O)CSC(C)(C)C)CC2. The molecule has 1 aromatic rings. The van der Waals surface area contributed by atoms with Gasteiger partial charge in [-0.15, -0.1) is 11.8 Å². The summed E-state index contributed by atoms with van der Waals surface area (Å²) in [7, 11) is 0. The molecule has 2 rings (SSSR count). The number of carbonyl (C=O) groups excluding carboxylic acids is 1. The third kappa shape index (κ3) is 4.67. The number of hydrogen-bond acceptors (Lipinski definition) is 3. The largest absolute Gasteiger partial charge is 0.494 e. The Hall–Kier alpha value is -1.16. The molecule has 0 aromatic heterocycles. The van der Waals surface area contributed by atoms with Gasteiger partial charge in [-0.1, -0.05) is 26.8 Å². The summed E-state index contributed by atoms with van der Waals surface area (Å²) in [6.07, 6.45) is 0.938. The minimum Gasteiger partial charge on any atom is -0.494 e. The first-order chi connectivity index (χ1) is 9.89. The van der Waals surface area contributed by atoms with Crippen LogP contribution < -0.4 is 4.74 Å². The van der Waals surface area contributed by atoms with Crippen molar-refractivity contribution in [3.63, 3.8) is 0 Å². The molecule has 0 N–H and O–H groups in total. The molecule has 116 valence electrons. The second-order valence-electron chi connectivity index (χ2n) is 6.33. The van der Waals surface area contributed by atoms with Crippen LogP contribution in [-0.2, 0) is 17.8 Å². The molecular weight excluding hydrogens is 282 g/mol. The molecule has 0 unspecified atom stereocenters. The van der Waals surface area contributed by atoms with Gasteiger partial charge in [-0.2, -0.15) is 0 Å². The van der Waals surface area contributed by atoms with E-state index in [4.69, 9.17) is 4.74 Å². The molecule has 1 aliphatic rings. The fourth-order valence-corrected chi connectivity index (χ4v) is 3.11. The van der Waals surface area contributed by atoms with Crippen LogP contribution in [-0.4, -0.2) is 34.5 Å². The predicted molar refractivity (Wildman–Crippen MR) is 88.9 cm³/mol. The Balaban J connectivity index is 2.00. The molecule has 0 spiro atoms. The zero-order valence-electron chi connectivity index (χ0n) is 13.4. The maximum atomic E-state index is 12.3. The summed E-state index contributed by atoms with van der Waals surface area (Å²) in [6, 6.07) is 6.23. The van der Waals surface area contributed by atoms with Crippen LogP contribution in [0.15, 0.2) is 18.2 Å². The molecule has 1 heterocycles. The monoisotopic (exact) mass is 307 g/mol. The van der Waals surface area contributed by atoms with Gasteiger partial charge >= 0.3 is 0 Å². The first-order valence-electron chi connectivity index (χ1n) is 7.55. The number of hydrogen-bond donors (Lipinski definition) is 0. The topological polar surface area (TPSA) is 29.5 Å². The Morgan fingerprint density at radius 1 is 1.33 bits per heavy atom. The van der Waals surface area contributed by atoms with Crippen molar-refractivity contribution in [3.8, 4) is 5.75 Å². The number of rotatable bonds is 4. The molecule has 0 radical (unpaired) electrons. The van der Waals surface area contributed by atoms with E-state index < -0.39 is 0 Å². The maximum absolute atomic E-state index is 12.3. The van der Waals surface area contributed by atoms with E-state index in [-0.39, 0.29) is 10.7 Å². The van der Waals surface area contributed by atoms with Crippen molar-refractivity contribution >= 4 is 17.7 Å². The van der Waals surface area contributed by atoms with Gasteiger partial charge in [0.05, 0.1) is 12.4 Å². The van der Waals surface area contributed by atoms with Crippen LogP contribution in [0.1, 0.15) is 38.8 Å². The van der Waals surface area contributed by atoms with Crippen LogP contribution >= 0.6 is 11.8 Å². The predicted octanol–water partition coefficient (Wildman–Crippen LogP) is 3.50. The summed E-state index contributed by atoms with van der Waals surface area (Å²) in [5, 5.41) is 0. The summed E-state index contributed by atoms with van der Waals surface area (Å²) in [5.41, 5.74) is 2.56. The van der Waals surface area contributed by atoms with E-state index in [9.17, 15) is 4.79 Å². The number of fused-ring (bicyclic) bond motifs is 1. The zero-order chi connectivity index (χ0) is 15.5. The fourth-order valence-electron chi connectivity index (χ4n) is 2.37. The van der Waals surface area contributed by atoms with E-state index in [1.165, 1.54) is 11.1 Å². The highest BCUT2D eigenvalue weighted by atomic mass is 32.2. The van der Waals surface area contributed by atoms with Crippen molar-refractivity contribution in [1.29, 1.82) is 0 Å². The van der Waals surface area contributed by atoms with Crippen molar-refractivity contribution in [1.82, 2.24) is 4.90 Å². The van der Waals surface area contributed by atoms with Crippen molar-refractivity contribution in [2.75, 3.05) is 18.9 Å². The fraction of sp³-hybridized carbons (Fsp3) is 0.588. The average molecular weight is 307 g/mol. The summed E-state index contributed by atoms with van der Waals surface area (Å²) in [6.45, 7) is 10.6. The van der Waals surface area contributed by atoms with Crippen LogP contribution in [0.4, 0.5) is 0 Å². The molecule has 4 heteroatoms. The highest BCUT2D eigenvalue weighted by Gasteiger charge is 2.22. The van der Waals surface area contributed by atoms with Crippen LogP contribution in [0.2, 0.25) is 0 Å². The van der Waals surface area contributed by atoms with Gasteiger partial charge in [-0.3, -0.25) is 4.79 Å². The molecule has 0 bridgehead atoms. The van der Waals surface area contributed by atoms with E-state index >= 15 is 0 Å². The van der Waals surface area contributed by atoms with Gasteiger partial charge in [0.2, 0.25) is 5.91 Å². The lowest BCUT2D eigenvalue weighted by Crippen LogP contribution is -2.37. The lowest BCUT2D eigenvalue weighted by Gasteiger charge is -2.30. The van der Waals surface area contributed by atoms with E-state index in [1.807, 2.05) is 17.9 Å². The third-order valence-corrected chi connectivity index (χ3v) is 4.74. The number of carbonyl (C=O) groups is 1. The quantitative estimate of drug-likeness (QED) is 0.852. The van der Waals surface area contributed by atoms with Gasteiger partial charge in [0.15, 0.2) is 0 Å². The van der Waals surface area contributed by atoms with Gasteiger partial charge in [-0.05, 0) is 36.6 Å². The molecule has 3 nitrogen and oxygen atoms in total. The second kappa shape index (κ2) is 6.73. The van der Waals surface area contributed by atoms with Gasteiger partial charge in [0.25, 0.3) is 0 Å². The summed E-state index contributed by atoms with van der Waals surface area (Å²) in [5.74, 6) is 1.70. The molecule has 0 aliphatic carbocycles. The minimum atomic E-state index is 0.130. The van der Waals surface area contributed by atoms with Gasteiger partial charge in [0, 0.05) is 17.8 Å². The molecule has 0 atom stereocenters. The van der Waals surface area contributed by atoms with Crippen molar-refractivity contribution in [2.24, 2.45) is 0 Å². The molecule has 0 saturated heterocycles. The molecule has 0 saturated carbocycles. The van der Waals surface area contributed by atoms with Gasteiger partial charge in [-0.25, -0.2) is 0 Å². The van der Waals surface area contributed by atoms with E-state index in [2.05, 4.69) is 32.9 Å². The standard InChI is InChI=1S/C17H25NO2S/c1-5-20-15-7-6-13-8-9-18(11-14(13)10-15)16(19)12-21-17(2,3)4/h6-7,10H,5,8-9,11-12H2,1-4H3. The minimum absolute atomic E-state index is 0.130. The van der Waals surface area contributed by atoms with E-state index in [0.29, 0.717) is 18.9 Å². The van der Waals surface area contributed by atoms with Crippen LogP contribution in [0, 0.1) is 0 Å². The molecule has 21 heavy (non-hydrogen) atoms. The summed E-state index contributed by atoms with van der Waals surface area (Å²) < 4.78 is 5.68. The molecule has 1 amide bonds. The number of amides is 1. The van der Waals surface area contributed by atoms with E-state index in [1.54, 1.807) is 11.8 Å². The lowest BCUT2D eigenvalue weighted by molar-refractivity contribution is -0.129. The maximum Gasteiger partial charge on any atom is 0.232 e. The first-order valence-corrected chi connectivity index (χ1v) is 8.54. The van der Waals surface area contributed by atoms with Gasteiger partial charge in [0.1, 0.15) is 5.75 Å². The lowest BCUT2D eigenvalue weighted by atomic mass is 9.99. The molecule has 1 aliphatic heterocycles. The Kier molecular flexibility index (Phi) is 5.20. The van der Waals surface area contributed by atoms with Crippen LogP contribution in [0.5, 0.6) is 5.75 Å².